The van der Waals surface area contributed by atoms with Crippen molar-refractivity contribution in [2.75, 3.05) is 0 Å². The van der Waals surface area contributed by atoms with Crippen molar-refractivity contribution in [2.24, 2.45) is 0 Å². The smallest absolute Gasteiger partial charge is 0.418 e. The second-order valence-corrected chi connectivity index (χ2v) is 2.04. The molecular weight excluding hydrogens is 187 g/mol. The third kappa shape index (κ3) is 10.7. The van der Waals surface area contributed by atoms with Crippen molar-refractivity contribution >= 4 is 13.5 Å². The molecule has 0 bridgehead atoms. The first kappa shape index (κ1) is 11.7. The quantitative estimate of drug-likeness (QED) is 0.403. The van der Waals surface area contributed by atoms with Gasteiger partial charge in [-0.05, 0) is 13.0 Å². The lowest BCUT2D eigenvalue weighted by molar-refractivity contribution is -0.566. The number of allylic oxidation sites excluding steroid dienone is 1. The molecule has 0 aromatic carbocycles. The number of H-pyrrole nitrogens is 1. The number of rotatable bonds is 1. The van der Waals surface area contributed by atoms with Crippen LogP contribution in [0, 0.1) is 0 Å². The topological polar surface area (TPSA) is 19.7 Å². The Bertz CT molecular complexity index is 236. The van der Waals surface area contributed by atoms with Gasteiger partial charge in [-0.2, -0.15) is 0 Å². The summed E-state index contributed by atoms with van der Waals surface area (Å²) in [7, 11) is -6.00. The normalized spacial score (nSPS) is 11.2. The number of aromatic nitrogens is 2. The Hall–Kier alpha value is -1.27. The highest BCUT2D eigenvalue weighted by molar-refractivity contribution is 6.50. The van der Waals surface area contributed by atoms with Crippen LogP contribution in [0.3, 0.4) is 0 Å². The average Bonchev–Trinajstić information content (AvgIpc) is 2.36. The summed E-state index contributed by atoms with van der Waals surface area (Å²) in [6.07, 6.45) is 9.64. The molecule has 0 atom stereocenters. The van der Waals surface area contributed by atoms with Crippen molar-refractivity contribution in [2.45, 2.75) is 6.92 Å². The van der Waals surface area contributed by atoms with Crippen LogP contribution >= 0.6 is 0 Å². The van der Waals surface area contributed by atoms with E-state index in [1.54, 1.807) is 0 Å². The monoisotopic (exact) mass is 196 g/mol. The maximum absolute atomic E-state index is 9.75. The molecule has 0 aliphatic carbocycles. The van der Waals surface area contributed by atoms with E-state index >= 15 is 0 Å². The summed E-state index contributed by atoms with van der Waals surface area (Å²) in [5.74, 6) is 0. The molecule has 0 radical (unpaired) electrons. The summed E-state index contributed by atoms with van der Waals surface area (Å²) < 4.78 is 40.9. The van der Waals surface area contributed by atoms with Gasteiger partial charge in [-0.15, -0.1) is 0 Å². The molecule has 0 fully saturated rings. The van der Waals surface area contributed by atoms with Gasteiger partial charge in [0.1, 0.15) is 12.4 Å². The Kier molecular flexibility index (Phi) is 4.87. The predicted octanol–water partition coefficient (Wildman–Crippen LogP) is 2.09. The molecule has 0 unspecified atom stereocenters. The van der Waals surface area contributed by atoms with E-state index < -0.39 is 7.25 Å². The van der Waals surface area contributed by atoms with Crippen LogP contribution < -0.4 is 4.57 Å². The minimum atomic E-state index is -6.00. The summed E-state index contributed by atoms with van der Waals surface area (Å²) >= 11 is 0. The molecule has 0 saturated heterocycles. The third-order valence-corrected chi connectivity index (χ3v) is 0.888. The molecule has 1 N–H and O–H groups in total. The van der Waals surface area contributed by atoms with Gasteiger partial charge in [0.05, 0.1) is 6.20 Å². The van der Waals surface area contributed by atoms with Crippen LogP contribution in [0.25, 0.3) is 6.20 Å². The number of imidazole rings is 1. The first-order valence-electron chi connectivity index (χ1n) is 3.47. The molecule has 1 rings (SSSR count). The molecule has 7 heteroatoms. The van der Waals surface area contributed by atoms with Gasteiger partial charge in [-0.3, -0.25) is 0 Å². The summed E-state index contributed by atoms with van der Waals surface area (Å²) in [5, 5.41) is 0. The van der Waals surface area contributed by atoms with Gasteiger partial charge in [0.2, 0.25) is 6.33 Å². The van der Waals surface area contributed by atoms with E-state index in [-0.39, 0.29) is 0 Å². The first-order chi connectivity index (χ1) is 5.93. The summed E-state index contributed by atoms with van der Waals surface area (Å²) in [6, 6.07) is 0. The first-order valence-corrected chi connectivity index (χ1v) is 3.47. The zero-order valence-electron chi connectivity index (χ0n) is 6.92. The zero-order valence-corrected chi connectivity index (χ0v) is 6.92. The molecule has 0 aliphatic heterocycles. The van der Waals surface area contributed by atoms with E-state index in [1.165, 1.54) is 0 Å². The van der Waals surface area contributed by atoms with Crippen molar-refractivity contribution < 1.29 is 21.8 Å². The van der Waals surface area contributed by atoms with E-state index in [2.05, 4.69) is 4.98 Å². The second kappa shape index (κ2) is 5.39. The molecule has 0 amide bonds. The second-order valence-electron chi connectivity index (χ2n) is 2.04. The van der Waals surface area contributed by atoms with Gasteiger partial charge in [0.15, 0.2) is 0 Å². The number of hydrogen-bond donors (Lipinski definition) is 1. The Balaban J connectivity index is 0.000000252. The summed E-state index contributed by atoms with van der Waals surface area (Å²) in [6.45, 7) is 1.99. The van der Waals surface area contributed by atoms with Crippen LogP contribution in [0.15, 0.2) is 24.8 Å². The van der Waals surface area contributed by atoms with Crippen molar-refractivity contribution in [1.29, 1.82) is 0 Å². The van der Waals surface area contributed by atoms with Crippen molar-refractivity contribution in [3.63, 3.8) is 0 Å². The third-order valence-electron chi connectivity index (χ3n) is 0.888. The van der Waals surface area contributed by atoms with Crippen molar-refractivity contribution in [3.05, 3.63) is 24.8 Å². The van der Waals surface area contributed by atoms with Gasteiger partial charge in [-0.1, -0.05) is 0 Å². The van der Waals surface area contributed by atoms with Crippen LogP contribution in [0.4, 0.5) is 17.3 Å². The van der Waals surface area contributed by atoms with Crippen LogP contribution in [0.2, 0.25) is 0 Å². The number of hydrogen-bond acceptors (Lipinski definition) is 0. The van der Waals surface area contributed by atoms with E-state index in [9.17, 15) is 17.3 Å². The molecule has 1 aromatic heterocycles. The highest BCUT2D eigenvalue weighted by Crippen LogP contribution is 2.06. The molecule has 74 valence electrons. The van der Waals surface area contributed by atoms with Crippen LogP contribution in [-0.4, -0.2) is 12.2 Å². The number of nitrogens with zero attached hydrogens (tertiary/aromatic N) is 1. The van der Waals surface area contributed by atoms with Gasteiger partial charge >= 0.3 is 7.25 Å². The average molecular weight is 196 g/mol. The molecule has 13 heavy (non-hydrogen) atoms. The van der Waals surface area contributed by atoms with Gasteiger partial charge < -0.3 is 17.3 Å². The Labute approximate surface area is 73.0 Å². The van der Waals surface area contributed by atoms with E-state index in [1.807, 2.05) is 42.5 Å². The summed E-state index contributed by atoms with van der Waals surface area (Å²) in [5.41, 5.74) is 0. The number of aromatic amines is 1. The zero-order chi connectivity index (χ0) is 10.3. The SMILES string of the molecule is CC=C[n+]1cc[nH]c1.F[B-](F)(F)F. The molecule has 0 saturated carbocycles. The molecule has 1 aromatic rings. The van der Waals surface area contributed by atoms with Crippen molar-refractivity contribution in [1.82, 2.24) is 4.98 Å². The summed E-state index contributed by atoms with van der Waals surface area (Å²) in [4.78, 5) is 2.93. The van der Waals surface area contributed by atoms with Gasteiger partial charge in [0.25, 0.3) is 0 Å². The lowest BCUT2D eigenvalue weighted by atomic mass is 10.3. The molecular formula is C6H9BF4N2. The maximum atomic E-state index is 9.75. The van der Waals surface area contributed by atoms with Crippen LogP contribution in [0.5, 0.6) is 0 Å². The minimum absolute atomic E-state index is 1.88. The van der Waals surface area contributed by atoms with Gasteiger partial charge in [-0.25, -0.2) is 9.55 Å². The standard InChI is InChI=1S/C6H8N2.BF4/c1-2-4-8-5-3-7-6-8;2-1(3,4)5/h2-6H,1H3;/q;-1/p+1. The van der Waals surface area contributed by atoms with E-state index in [4.69, 9.17) is 0 Å². The lowest BCUT2D eigenvalue weighted by Crippen LogP contribution is -2.20. The highest BCUT2D eigenvalue weighted by Gasteiger charge is 2.20. The fraction of sp³-hybridized carbons (Fsp3) is 0.167. The van der Waals surface area contributed by atoms with Crippen molar-refractivity contribution in [3.8, 4) is 0 Å². The van der Waals surface area contributed by atoms with Crippen LogP contribution in [0.1, 0.15) is 6.92 Å². The number of nitrogens with one attached hydrogen (secondary N) is 1. The molecule has 0 spiro atoms. The Morgan fingerprint density at radius 2 is 1.85 bits per heavy atom. The lowest BCUT2D eigenvalue weighted by Gasteiger charge is -1.94. The van der Waals surface area contributed by atoms with Gasteiger partial charge in [0, 0.05) is 0 Å². The highest BCUT2D eigenvalue weighted by atomic mass is 19.5. The molecule has 0 aliphatic rings. The van der Waals surface area contributed by atoms with Crippen LogP contribution in [-0.2, 0) is 0 Å². The Morgan fingerprint density at radius 3 is 2.15 bits per heavy atom. The number of halogens is 4. The molecule has 1 heterocycles. The molecule has 2 nitrogen and oxygen atoms in total. The van der Waals surface area contributed by atoms with E-state index in [0.29, 0.717) is 0 Å². The largest absolute Gasteiger partial charge is 0.673 e. The van der Waals surface area contributed by atoms with E-state index in [0.717, 1.165) is 0 Å². The predicted molar refractivity (Wildman–Crippen MR) is 42.2 cm³/mol. The maximum Gasteiger partial charge on any atom is 0.673 e. The minimum Gasteiger partial charge on any atom is -0.418 e. The fourth-order valence-electron chi connectivity index (χ4n) is 0.566. The Morgan fingerprint density at radius 1 is 1.31 bits per heavy atom. The fourth-order valence-corrected chi connectivity index (χ4v) is 0.566.